The number of benzene rings is 3. The summed E-state index contributed by atoms with van der Waals surface area (Å²) in [5.41, 5.74) is 16.4. The summed E-state index contributed by atoms with van der Waals surface area (Å²) in [7, 11) is 0. The van der Waals surface area contributed by atoms with Crippen molar-refractivity contribution in [1.82, 2.24) is 0 Å². The molecule has 0 aliphatic rings. The fraction of sp³-hybridized carbons (Fsp3) is 0. The van der Waals surface area contributed by atoms with Gasteiger partial charge >= 0.3 is 0 Å². The maximum atomic E-state index is 6.43. The Bertz CT molecular complexity index is 1100. The normalized spacial score (nSPS) is 11.4. The molecule has 2 nitrogen and oxygen atoms in total. The molecule has 0 radical (unpaired) electrons. The van der Waals surface area contributed by atoms with Crippen molar-refractivity contribution >= 4 is 54.2 Å². The summed E-state index contributed by atoms with van der Waals surface area (Å²) in [5.74, 6) is 0. The van der Waals surface area contributed by atoms with Crippen molar-refractivity contribution in [2.45, 2.75) is 0 Å². The third-order valence-corrected chi connectivity index (χ3v) is 6.90. The second kappa shape index (κ2) is 5.87. The van der Waals surface area contributed by atoms with Crippen LogP contribution in [0.2, 0.25) is 0 Å². The Morgan fingerprint density at radius 3 is 1.38 bits per heavy atom. The number of hydrogen-bond donors (Lipinski definition) is 2. The predicted octanol–water partition coefficient (Wildman–Crippen LogP) is 6.61. The van der Waals surface area contributed by atoms with E-state index in [9.17, 15) is 0 Å². The van der Waals surface area contributed by atoms with E-state index in [1.807, 2.05) is 12.1 Å². The molecule has 0 aliphatic heterocycles. The standard InChI is InChI=1S/C22H16N2S2/c23-17-12-16(22-10-14-6-2-4-8-20(14)26-22)18(24)11-15(17)21-9-13-5-1-3-7-19(13)25-21/h1-12H,23-24H2. The molecule has 0 saturated heterocycles. The highest BCUT2D eigenvalue weighted by molar-refractivity contribution is 7.22. The molecule has 0 aliphatic carbocycles. The number of nitrogen functional groups attached to an aromatic ring is 2. The Kier molecular flexibility index (Phi) is 3.48. The topological polar surface area (TPSA) is 52.0 Å². The van der Waals surface area contributed by atoms with E-state index in [1.54, 1.807) is 22.7 Å². The molecule has 126 valence electrons. The minimum Gasteiger partial charge on any atom is -0.398 e. The van der Waals surface area contributed by atoms with Crippen molar-refractivity contribution in [2.75, 3.05) is 11.5 Å². The van der Waals surface area contributed by atoms with Crippen LogP contribution in [0.1, 0.15) is 0 Å². The van der Waals surface area contributed by atoms with E-state index in [1.165, 1.54) is 20.2 Å². The largest absolute Gasteiger partial charge is 0.398 e. The van der Waals surface area contributed by atoms with Gasteiger partial charge in [0.25, 0.3) is 0 Å². The van der Waals surface area contributed by atoms with Crippen LogP contribution in [0, 0.1) is 0 Å². The monoisotopic (exact) mass is 372 g/mol. The van der Waals surface area contributed by atoms with Gasteiger partial charge in [-0.3, -0.25) is 0 Å². The molecule has 26 heavy (non-hydrogen) atoms. The molecule has 2 heterocycles. The summed E-state index contributed by atoms with van der Waals surface area (Å²) in [6.07, 6.45) is 0. The fourth-order valence-electron chi connectivity index (χ4n) is 3.29. The van der Waals surface area contributed by atoms with Crippen molar-refractivity contribution in [1.29, 1.82) is 0 Å². The molecule has 0 amide bonds. The molecule has 5 aromatic rings. The summed E-state index contributed by atoms with van der Waals surface area (Å²) < 4.78 is 2.52. The molecular formula is C22H16N2S2. The highest BCUT2D eigenvalue weighted by Gasteiger charge is 2.13. The van der Waals surface area contributed by atoms with Crippen LogP contribution in [0.4, 0.5) is 11.4 Å². The lowest BCUT2D eigenvalue weighted by molar-refractivity contribution is 1.65. The Morgan fingerprint density at radius 1 is 0.538 bits per heavy atom. The Morgan fingerprint density at radius 2 is 0.962 bits per heavy atom. The lowest BCUT2D eigenvalue weighted by Crippen LogP contribution is -1.95. The molecule has 4 heteroatoms. The molecule has 0 unspecified atom stereocenters. The quantitative estimate of drug-likeness (QED) is 0.342. The van der Waals surface area contributed by atoms with Gasteiger partial charge in [0, 0.05) is 41.7 Å². The summed E-state index contributed by atoms with van der Waals surface area (Å²) in [6.45, 7) is 0. The Hall–Kier alpha value is -2.82. The number of anilines is 2. The number of nitrogens with two attached hydrogens (primary N) is 2. The molecular weight excluding hydrogens is 356 g/mol. The van der Waals surface area contributed by atoms with Crippen molar-refractivity contribution in [3.05, 3.63) is 72.8 Å². The van der Waals surface area contributed by atoms with E-state index in [-0.39, 0.29) is 0 Å². The number of hydrogen-bond acceptors (Lipinski definition) is 4. The molecule has 0 spiro atoms. The van der Waals surface area contributed by atoms with Crippen molar-refractivity contribution in [3.8, 4) is 20.9 Å². The zero-order valence-electron chi connectivity index (χ0n) is 13.9. The number of thiophene rings is 2. The minimum absolute atomic E-state index is 0.762. The van der Waals surface area contributed by atoms with E-state index < -0.39 is 0 Å². The van der Waals surface area contributed by atoms with Gasteiger partial charge in [0.05, 0.1) is 0 Å². The van der Waals surface area contributed by atoms with Crippen LogP contribution >= 0.6 is 22.7 Å². The van der Waals surface area contributed by atoms with E-state index in [0.717, 1.165) is 32.3 Å². The van der Waals surface area contributed by atoms with E-state index in [0.29, 0.717) is 0 Å². The van der Waals surface area contributed by atoms with Crippen LogP contribution in [-0.4, -0.2) is 0 Å². The number of rotatable bonds is 2. The second-order valence-corrected chi connectivity index (χ2v) is 8.49. The van der Waals surface area contributed by atoms with Crippen LogP contribution in [-0.2, 0) is 0 Å². The Labute approximate surface area is 159 Å². The summed E-state index contributed by atoms with van der Waals surface area (Å²) in [5, 5.41) is 2.47. The summed E-state index contributed by atoms with van der Waals surface area (Å²) in [4.78, 5) is 2.30. The van der Waals surface area contributed by atoms with Gasteiger partial charge in [-0.2, -0.15) is 0 Å². The molecule has 4 N–H and O–H groups in total. The third-order valence-electron chi connectivity index (χ3n) is 4.60. The van der Waals surface area contributed by atoms with Gasteiger partial charge in [-0.1, -0.05) is 36.4 Å². The molecule has 2 aromatic heterocycles. The summed E-state index contributed by atoms with van der Waals surface area (Å²) in [6, 6.07) is 25.1. The minimum atomic E-state index is 0.762. The van der Waals surface area contributed by atoms with Gasteiger partial charge in [-0.25, -0.2) is 0 Å². The van der Waals surface area contributed by atoms with Crippen LogP contribution < -0.4 is 11.5 Å². The first-order chi connectivity index (χ1) is 12.7. The summed E-state index contributed by atoms with van der Waals surface area (Å²) >= 11 is 3.49. The van der Waals surface area contributed by atoms with Crippen LogP contribution in [0.15, 0.2) is 72.8 Å². The maximum Gasteiger partial charge on any atom is 0.0410 e. The molecule has 3 aromatic carbocycles. The van der Waals surface area contributed by atoms with Gasteiger partial charge in [-0.05, 0) is 47.2 Å². The lowest BCUT2D eigenvalue weighted by atomic mass is 10.0. The fourth-order valence-corrected chi connectivity index (χ4v) is 5.49. The van der Waals surface area contributed by atoms with Crippen LogP contribution in [0.3, 0.4) is 0 Å². The van der Waals surface area contributed by atoms with Gasteiger partial charge < -0.3 is 11.5 Å². The first kappa shape index (κ1) is 15.4. The second-order valence-electron chi connectivity index (χ2n) is 6.32. The maximum absolute atomic E-state index is 6.43. The first-order valence-corrected chi connectivity index (χ1v) is 9.99. The van der Waals surface area contributed by atoms with Gasteiger partial charge in [0.1, 0.15) is 0 Å². The van der Waals surface area contributed by atoms with Gasteiger partial charge in [0.15, 0.2) is 0 Å². The van der Waals surface area contributed by atoms with E-state index in [2.05, 4.69) is 60.7 Å². The number of fused-ring (bicyclic) bond motifs is 2. The first-order valence-electron chi connectivity index (χ1n) is 8.36. The van der Waals surface area contributed by atoms with Gasteiger partial charge in [-0.15, -0.1) is 22.7 Å². The van der Waals surface area contributed by atoms with Crippen LogP contribution in [0.25, 0.3) is 41.1 Å². The van der Waals surface area contributed by atoms with E-state index in [4.69, 9.17) is 11.5 Å². The average Bonchev–Trinajstić information content (AvgIpc) is 3.26. The smallest absolute Gasteiger partial charge is 0.0410 e. The molecule has 5 rings (SSSR count). The average molecular weight is 373 g/mol. The highest BCUT2D eigenvalue weighted by atomic mass is 32.1. The SMILES string of the molecule is Nc1cc(-c2cc3ccccc3s2)c(N)cc1-c1cc2ccccc2s1. The zero-order valence-corrected chi connectivity index (χ0v) is 15.5. The van der Waals surface area contributed by atoms with Gasteiger partial charge in [0.2, 0.25) is 0 Å². The lowest BCUT2D eigenvalue weighted by Gasteiger charge is -2.09. The highest BCUT2D eigenvalue weighted by Crippen LogP contribution is 2.42. The molecule has 0 saturated carbocycles. The van der Waals surface area contributed by atoms with Crippen LogP contribution in [0.5, 0.6) is 0 Å². The molecule has 0 fully saturated rings. The molecule has 0 atom stereocenters. The molecule has 0 bridgehead atoms. The van der Waals surface area contributed by atoms with E-state index >= 15 is 0 Å². The van der Waals surface area contributed by atoms with Crippen molar-refractivity contribution in [3.63, 3.8) is 0 Å². The predicted molar refractivity (Wildman–Crippen MR) is 117 cm³/mol. The zero-order chi connectivity index (χ0) is 17.7. The van der Waals surface area contributed by atoms with Crippen molar-refractivity contribution in [2.24, 2.45) is 0 Å². The Balaban J connectivity index is 1.64. The third kappa shape index (κ3) is 2.46. The van der Waals surface area contributed by atoms with Crippen molar-refractivity contribution < 1.29 is 0 Å².